The van der Waals surface area contributed by atoms with Gasteiger partial charge in [-0.2, -0.15) is 10.2 Å². The third-order valence-electron chi connectivity index (χ3n) is 10.2. The molecule has 11 nitrogen and oxygen atoms in total. The number of benzene rings is 2. The lowest BCUT2D eigenvalue weighted by Crippen LogP contribution is -2.37. The summed E-state index contributed by atoms with van der Waals surface area (Å²) in [4.78, 5) is 43.2. The molecule has 2 aromatic carbocycles. The number of hydrogen-bond donors (Lipinski definition) is 0. The van der Waals surface area contributed by atoms with Crippen molar-refractivity contribution in [2.24, 2.45) is 0 Å². The van der Waals surface area contributed by atoms with Crippen molar-refractivity contribution in [3.8, 4) is 6.07 Å². The smallest absolute Gasteiger partial charge is 0.454 e. The summed E-state index contributed by atoms with van der Waals surface area (Å²) in [5.41, 5.74) is 0.113. The van der Waals surface area contributed by atoms with Gasteiger partial charge < -0.3 is 4.74 Å². The first-order valence-electron chi connectivity index (χ1n) is 21.4. The van der Waals surface area contributed by atoms with Gasteiger partial charge in [0.25, 0.3) is 0 Å². The van der Waals surface area contributed by atoms with Crippen LogP contribution in [-0.2, 0) is 29.3 Å². The Kier molecular flexibility index (Phi) is 22.2. The number of aromatic nitrogens is 2. The summed E-state index contributed by atoms with van der Waals surface area (Å²) in [5.74, 6) is -1.00. The second-order valence-corrected chi connectivity index (χ2v) is 18.0. The van der Waals surface area contributed by atoms with Crippen LogP contribution in [0.5, 0.6) is 0 Å². The van der Waals surface area contributed by atoms with Crippen LogP contribution in [0.3, 0.4) is 0 Å². The molecule has 0 amide bonds. The molecule has 0 saturated carbocycles. The number of thioether (sulfide) groups is 1. The standard InChI is InChI=1S/C45H61FN3O8PS/c1-2-3-4-5-6-7-8-9-10-11-12-13-14-15-16-23-32-54-58(53,55-33-24-30-47)56-35-40-42(57-44(51)37-27-21-18-22-28-37)41(46)43(59-40)49-31-29-38(48-45(49)52)34-39(50)36-25-19-17-20-26-36/h17-22,25-29,31,40-43H,2-16,23-24,32-35H2,1H3/t40-,41+,42-,43-,58?/m1/s1. The van der Waals surface area contributed by atoms with E-state index < -0.39 is 49.0 Å². The molecule has 322 valence electrons. The predicted octanol–water partition coefficient (Wildman–Crippen LogP) is 11.2. The first kappa shape index (κ1) is 48.0. The summed E-state index contributed by atoms with van der Waals surface area (Å²) in [6, 6.07) is 20.1. The van der Waals surface area contributed by atoms with Crippen LogP contribution in [0, 0.1) is 11.3 Å². The molecule has 1 aliphatic heterocycles. The first-order chi connectivity index (χ1) is 28.7. The van der Waals surface area contributed by atoms with Gasteiger partial charge in [0.1, 0.15) is 5.37 Å². The van der Waals surface area contributed by atoms with E-state index in [4.69, 9.17) is 23.6 Å². The Morgan fingerprint density at radius 3 is 1.88 bits per heavy atom. The molecule has 1 saturated heterocycles. The molecule has 0 N–H and O–H groups in total. The highest BCUT2D eigenvalue weighted by molar-refractivity contribution is 8.00. The number of ether oxygens (including phenoxy) is 1. The zero-order valence-electron chi connectivity index (χ0n) is 34.4. The molecular formula is C45H61FN3O8PS. The SMILES string of the molecule is CCCCCCCCCCCCCCCCCCOP(=O)(OCCC#N)OC[C@H]1S[C@@H](n2ccc(CC(=O)c3ccccc3)nc2=O)[C@@H](F)[C@@H]1OC(=O)c1ccccc1. The summed E-state index contributed by atoms with van der Waals surface area (Å²) in [6.07, 6.45) is 17.3. The van der Waals surface area contributed by atoms with E-state index in [2.05, 4.69) is 11.9 Å². The molecule has 1 fully saturated rings. The second-order valence-electron chi connectivity index (χ2n) is 14.9. The highest BCUT2D eigenvalue weighted by Gasteiger charge is 2.49. The molecule has 4 rings (SSSR count). The van der Waals surface area contributed by atoms with Crippen LogP contribution in [0.15, 0.2) is 77.7 Å². The summed E-state index contributed by atoms with van der Waals surface area (Å²) in [5, 5.41) is 6.93. The zero-order valence-corrected chi connectivity index (χ0v) is 36.1. The monoisotopic (exact) mass is 853 g/mol. The number of esters is 1. The fraction of sp³-hybridized carbons (Fsp3) is 0.578. The van der Waals surface area contributed by atoms with Crippen molar-refractivity contribution in [3.05, 3.63) is 100 Å². The lowest BCUT2D eigenvalue weighted by atomic mass is 10.0. The molecule has 1 unspecified atom stereocenters. The Morgan fingerprint density at radius 2 is 1.32 bits per heavy atom. The van der Waals surface area contributed by atoms with Gasteiger partial charge in [-0.3, -0.25) is 22.9 Å². The van der Waals surface area contributed by atoms with Gasteiger partial charge in [-0.1, -0.05) is 152 Å². The van der Waals surface area contributed by atoms with Crippen LogP contribution in [0.1, 0.15) is 148 Å². The molecule has 1 aromatic heterocycles. The number of alkyl halides is 1. The van der Waals surface area contributed by atoms with Gasteiger partial charge in [-0.05, 0) is 24.6 Å². The van der Waals surface area contributed by atoms with Crippen molar-refractivity contribution < 1.29 is 36.9 Å². The lowest BCUT2D eigenvalue weighted by Gasteiger charge is -2.23. The number of ketones is 1. The average molecular weight is 854 g/mol. The number of hydrogen-bond acceptors (Lipinski definition) is 11. The predicted molar refractivity (Wildman–Crippen MR) is 229 cm³/mol. The van der Waals surface area contributed by atoms with Gasteiger partial charge in [-0.15, -0.1) is 11.8 Å². The molecule has 14 heteroatoms. The minimum Gasteiger partial charge on any atom is -0.454 e. The molecule has 59 heavy (non-hydrogen) atoms. The number of halogens is 1. The van der Waals surface area contributed by atoms with Crippen molar-refractivity contribution in [1.29, 1.82) is 5.26 Å². The number of unbranched alkanes of at least 4 members (excludes halogenated alkanes) is 15. The molecule has 0 spiro atoms. The van der Waals surface area contributed by atoms with E-state index >= 15 is 4.39 Å². The van der Waals surface area contributed by atoms with Crippen LogP contribution in [0.2, 0.25) is 0 Å². The lowest BCUT2D eigenvalue weighted by molar-refractivity contribution is 0.00105. The van der Waals surface area contributed by atoms with Gasteiger partial charge in [0.15, 0.2) is 18.1 Å². The number of carbonyl (C=O) groups is 2. The normalized spacial score (nSPS) is 18.6. The van der Waals surface area contributed by atoms with Crippen LogP contribution < -0.4 is 5.69 Å². The minimum absolute atomic E-state index is 0.0528. The van der Waals surface area contributed by atoms with E-state index in [0.717, 1.165) is 35.6 Å². The van der Waals surface area contributed by atoms with E-state index in [0.29, 0.717) is 12.0 Å². The quantitative estimate of drug-likeness (QED) is 0.0273. The number of Topliss-reactive ketones (excluding diaryl/α,β-unsaturated/α-hetero) is 1. The highest BCUT2D eigenvalue weighted by Crippen LogP contribution is 2.52. The topological polar surface area (TPSA) is 147 Å². The van der Waals surface area contributed by atoms with E-state index in [1.807, 2.05) is 6.07 Å². The fourth-order valence-corrected chi connectivity index (χ4v) is 9.69. The first-order valence-corrected chi connectivity index (χ1v) is 23.8. The largest absolute Gasteiger partial charge is 0.474 e. The summed E-state index contributed by atoms with van der Waals surface area (Å²) >= 11 is 0.962. The summed E-state index contributed by atoms with van der Waals surface area (Å²) < 4.78 is 53.9. The third-order valence-corrected chi connectivity index (χ3v) is 13.2. The van der Waals surface area contributed by atoms with Crippen molar-refractivity contribution in [1.82, 2.24) is 9.55 Å². The number of carbonyl (C=O) groups excluding carboxylic acids is 2. The summed E-state index contributed by atoms with van der Waals surface area (Å²) in [6.45, 7) is 1.73. The van der Waals surface area contributed by atoms with E-state index in [1.165, 1.54) is 101 Å². The Morgan fingerprint density at radius 1 is 0.780 bits per heavy atom. The zero-order chi connectivity index (χ0) is 42.1. The van der Waals surface area contributed by atoms with Crippen molar-refractivity contribution in [2.75, 3.05) is 19.8 Å². The van der Waals surface area contributed by atoms with E-state index in [9.17, 15) is 18.9 Å². The molecule has 5 atom stereocenters. The van der Waals surface area contributed by atoms with Gasteiger partial charge >= 0.3 is 19.5 Å². The van der Waals surface area contributed by atoms with Gasteiger partial charge in [0.05, 0.1) is 55.2 Å². The molecule has 0 radical (unpaired) electrons. The number of nitriles is 1. The molecule has 1 aliphatic rings. The number of nitrogens with zero attached hydrogens (tertiary/aromatic N) is 3. The maximum atomic E-state index is 16.4. The molecular weight excluding hydrogens is 793 g/mol. The second kappa shape index (κ2) is 27.2. The van der Waals surface area contributed by atoms with Crippen LogP contribution in [-0.4, -0.2) is 58.6 Å². The van der Waals surface area contributed by atoms with Gasteiger partial charge in [0, 0.05) is 11.8 Å². The molecule has 3 aromatic rings. The maximum absolute atomic E-state index is 16.4. The Labute approximate surface area is 353 Å². The van der Waals surface area contributed by atoms with Gasteiger partial charge in [0.2, 0.25) is 0 Å². The van der Waals surface area contributed by atoms with E-state index in [-0.39, 0.29) is 43.1 Å². The van der Waals surface area contributed by atoms with Crippen molar-refractivity contribution in [3.63, 3.8) is 0 Å². The fourth-order valence-electron chi connectivity index (χ4n) is 6.90. The average Bonchev–Trinajstić information content (AvgIpc) is 3.55. The molecule has 0 bridgehead atoms. The van der Waals surface area contributed by atoms with Crippen LogP contribution in [0.4, 0.5) is 4.39 Å². The minimum atomic E-state index is -4.22. The maximum Gasteiger partial charge on any atom is 0.474 e. The highest BCUT2D eigenvalue weighted by atomic mass is 32.2. The van der Waals surface area contributed by atoms with E-state index in [1.54, 1.807) is 48.5 Å². The van der Waals surface area contributed by atoms with Crippen molar-refractivity contribution >= 4 is 31.3 Å². The third kappa shape index (κ3) is 17.1. The van der Waals surface area contributed by atoms with Gasteiger partial charge in [-0.25, -0.2) is 18.5 Å². The van der Waals surface area contributed by atoms with Crippen LogP contribution in [0.25, 0.3) is 0 Å². The van der Waals surface area contributed by atoms with Crippen molar-refractivity contribution in [2.45, 2.75) is 145 Å². The van der Waals surface area contributed by atoms with Crippen LogP contribution >= 0.6 is 19.6 Å². The number of rotatable bonds is 30. The Bertz CT molecular complexity index is 1830. The Hall–Kier alpha value is -3.66. The molecule has 0 aliphatic carbocycles. The molecule has 2 heterocycles. The number of phosphoric ester groups is 1. The number of phosphoric acid groups is 1. The Balaban J connectivity index is 1.30. The summed E-state index contributed by atoms with van der Waals surface area (Å²) in [7, 11) is -4.22.